The average Bonchev–Trinajstić information content (AvgIpc) is 2.87. The van der Waals surface area contributed by atoms with E-state index >= 15 is 0 Å². The highest BCUT2D eigenvalue weighted by atomic mass is 16.7. The highest BCUT2D eigenvalue weighted by Gasteiger charge is 2.70. The number of fused-ring (bicyclic) bond motifs is 3. The number of aliphatic hydroxyl groups excluding tert-OH is 6. The predicted octanol–water partition coefficient (Wildman–Crippen LogP) is 0.712. The molecule has 6 N–H and O–H groups in total. The standard InChI is InChI=1S/C26H42O8/c1-12-14-5-6-17-25(4)10-13(33-23-20(30)19(29)18(28)15(11-27)34-23)9-24(2,3)16(25)7-8-26(17,21(12)31)22(14)32/h13-23,27-32H,1,5-11H2,2-4H3/t13-,14+,15-,16-,17-,18-,19+,20-,21+,22-,23-,25-,26-/m1/s1. The summed E-state index contributed by atoms with van der Waals surface area (Å²) in [5.74, 6) is 0.457. The molecule has 4 aliphatic carbocycles. The van der Waals surface area contributed by atoms with Crippen LogP contribution in [0, 0.1) is 34.0 Å². The molecule has 0 aromatic rings. The lowest BCUT2D eigenvalue weighted by Gasteiger charge is -2.66. The van der Waals surface area contributed by atoms with E-state index in [0.29, 0.717) is 12.3 Å². The molecule has 194 valence electrons. The molecule has 0 aromatic carbocycles. The summed E-state index contributed by atoms with van der Waals surface area (Å²) in [6, 6.07) is 0. The van der Waals surface area contributed by atoms with Gasteiger partial charge in [0.05, 0.1) is 24.9 Å². The van der Waals surface area contributed by atoms with Crippen LogP contribution in [0.4, 0.5) is 0 Å². The van der Waals surface area contributed by atoms with Crippen molar-refractivity contribution < 1.29 is 40.1 Å². The van der Waals surface area contributed by atoms with Gasteiger partial charge in [0, 0.05) is 11.3 Å². The van der Waals surface area contributed by atoms with Gasteiger partial charge < -0.3 is 40.1 Å². The van der Waals surface area contributed by atoms with Crippen molar-refractivity contribution in [1.82, 2.24) is 0 Å². The number of rotatable bonds is 3. The first-order valence-electron chi connectivity index (χ1n) is 12.9. The number of hydrogen-bond donors (Lipinski definition) is 6. The molecule has 1 heterocycles. The van der Waals surface area contributed by atoms with E-state index in [-0.39, 0.29) is 28.8 Å². The molecule has 2 bridgehead atoms. The maximum atomic E-state index is 11.4. The van der Waals surface area contributed by atoms with E-state index in [4.69, 9.17) is 9.47 Å². The zero-order chi connectivity index (χ0) is 24.8. The molecule has 0 unspecified atom stereocenters. The maximum Gasteiger partial charge on any atom is 0.186 e. The lowest BCUT2D eigenvalue weighted by atomic mass is 9.40. The van der Waals surface area contributed by atoms with Gasteiger partial charge >= 0.3 is 0 Å². The highest BCUT2D eigenvalue weighted by molar-refractivity contribution is 5.31. The molecular weight excluding hydrogens is 440 g/mol. The second-order valence-electron chi connectivity index (χ2n) is 12.7. The van der Waals surface area contributed by atoms with E-state index in [1.807, 2.05) is 0 Å². The van der Waals surface area contributed by atoms with Crippen LogP contribution in [0.5, 0.6) is 0 Å². The Labute approximate surface area is 201 Å². The molecular formula is C26H42O8. The fraction of sp³-hybridized carbons (Fsp3) is 0.923. The van der Waals surface area contributed by atoms with E-state index in [1.165, 1.54) is 0 Å². The Bertz CT molecular complexity index is 815. The van der Waals surface area contributed by atoms with Gasteiger partial charge in [-0.2, -0.15) is 0 Å². The van der Waals surface area contributed by atoms with Crippen molar-refractivity contribution in [3.8, 4) is 0 Å². The van der Waals surface area contributed by atoms with Gasteiger partial charge in [-0.1, -0.05) is 27.4 Å². The van der Waals surface area contributed by atoms with Gasteiger partial charge in [0.15, 0.2) is 6.29 Å². The van der Waals surface area contributed by atoms with Crippen LogP contribution in [0.2, 0.25) is 0 Å². The Hall–Kier alpha value is -0.580. The van der Waals surface area contributed by atoms with Crippen molar-refractivity contribution in [3.63, 3.8) is 0 Å². The first-order valence-corrected chi connectivity index (χ1v) is 12.9. The van der Waals surface area contributed by atoms with Crippen molar-refractivity contribution in [2.24, 2.45) is 34.0 Å². The summed E-state index contributed by atoms with van der Waals surface area (Å²) in [5, 5.41) is 63.1. The van der Waals surface area contributed by atoms with Crippen molar-refractivity contribution >= 4 is 0 Å². The van der Waals surface area contributed by atoms with E-state index in [2.05, 4.69) is 27.4 Å². The van der Waals surface area contributed by atoms with Crippen LogP contribution < -0.4 is 0 Å². The van der Waals surface area contributed by atoms with Gasteiger partial charge in [0.2, 0.25) is 0 Å². The molecule has 0 radical (unpaired) electrons. The number of ether oxygens (including phenoxy) is 2. The molecule has 34 heavy (non-hydrogen) atoms. The molecule has 5 rings (SSSR count). The SMILES string of the molecule is C=C1[C@@H]2CC[C@@H]3[C@]4(C)C[C@H](O[C@@H]5O[C@H](CO)[C@@H](O)[C@H](O)[C@H]5O)CC(C)(C)[C@H]4CC[C@]3([C@@H]2O)[C@H]1O. The average molecular weight is 483 g/mol. The van der Waals surface area contributed by atoms with Crippen molar-refractivity contribution in [1.29, 1.82) is 0 Å². The summed E-state index contributed by atoms with van der Waals surface area (Å²) in [7, 11) is 0. The number of aliphatic hydroxyl groups is 6. The van der Waals surface area contributed by atoms with Gasteiger partial charge in [-0.05, 0) is 66.8 Å². The van der Waals surface area contributed by atoms with Gasteiger partial charge in [0.25, 0.3) is 0 Å². The molecule has 5 aliphatic rings. The van der Waals surface area contributed by atoms with Crippen LogP contribution >= 0.6 is 0 Å². The van der Waals surface area contributed by atoms with E-state index in [9.17, 15) is 30.6 Å². The molecule has 1 saturated heterocycles. The second kappa shape index (κ2) is 8.21. The third kappa shape index (κ3) is 3.26. The molecule has 0 aromatic heterocycles. The fourth-order valence-electron chi connectivity index (χ4n) is 9.34. The fourth-order valence-corrected chi connectivity index (χ4v) is 9.34. The summed E-state index contributed by atoms with van der Waals surface area (Å²) in [5.41, 5.74) is -0.0976. The summed E-state index contributed by atoms with van der Waals surface area (Å²) in [6.45, 7) is 10.4. The minimum Gasteiger partial charge on any atom is -0.394 e. The Morgan fingerprint density at radius 2 is 1.65 bits per heavy atom. The van der Waals surface area contributed by atoms with E-state index < -0.39 is 54.9 Å². The Morgan fingerprint density at radius 3 is 2.32 bits per heavy atom. The van der Waals surface area contributed by atoms with Crippen molar-refractivity contribution in [2.45, 2.75) is 108 Å². The van der Waals surface area contributed by atoms with Gasteiger partial charge in [-0.3, -0.25) is 0 Å². The van der Waals surface area contributed by atoms with Crippen molar-refractivity contribution in [3.05, 3.63) is 12.2 Å². The first kappa shape index (κ1) is 25.1. The third-order valence-corrected chi connectivity index (χ3v) is 10.7. The van der Waals surface area contributed by atoms with Crippen LogP contribution in [0.3, 0.4) is 0 Å². The molecule has 1 aliphatic heterocycles. The highest BCUT2D eigenvalue weighted by Crippen LogP contribution is 2.72. The molecule has 1 spiro atoms. The van der Waals surface area contributed by atoms with E-state index in [0.717, 1.165) is 37.7 Å². The monoisotopic (exact) mass is 482 g/mol. The lowest BCUT2D eigenvalue weighted by Crippen LogP contribution is -2.64. The second-order valence-corrected chi connectivity index (χ2v) is 12.7. The van der Waals surface area contributed by atoms with Crippen LogP contribution in [0.15, 0.2) is 12.2 Å². The molecule has 0 amide bonds. The van der Waals surface area contributed by atoms with Gasteiger partial charge in [-0.15, -0.1) is 0 Å². The summed E-state index contributed by atoms with van der Waals surface area (Å²) in [6.07, 6.45) is -3.19. The smallest absolute Gasteiger partial charge is 0.186 e. The van der Waals surface area contributed by atoms with E-state index in [1.54, 1.807) is 0 Å². The quantitative estimate of drug-likeness (QED) is 0.255. The molecule has 4 saturated carbocycles. The normalized spacial score (nSPS) is 56.6. The minimum atomic E-state index is -1.47. The zero-order valence-electron chi connectivity index (χ0n) is 20.5. The van der Waals surface area contributed by atoms with Crippen molar-refractivity contribution in [2.75, 3.05) is 6.61 Å². The van der Waals surface area contributed by atoms with Gasteiger partial charge in [-0.25, -0.2) is 0 Å². The maximum absolute atomic E-state index is 11.4. The van der Waals surface area contributed by atoms with Crippen LogP contribution in [-0.2, 0) is 9.47 Å². The summed E-state index contributed by atoms with van der Waals surface area (Å²) >= 11 is 0. The summed E-state index contributed by atoms with van der Waals surface area (Å²) < 4.78 is 11.9. The van der Waals surface area contributed by atoms with Crippen LogP contribution in [-0.4, -0.2) is 86.3 Å². The lowest BCUT2D eigenvalue weighted by molar-refractivity contribution is -0.323. The van der Waals surface area contributed by atoms with Crippen LogP contribution in [0.25, 0.3) is 0 Å². The van der Waals surface area contributed by atoms with Gasteiger partial charge in [0.1, 0.15) is 24.4 Å². The Morgan fingerprint density at radius 1 is 0.941 bits per heavy atom. The molecule has 8 nitrogen and oxygen atoms in total. The zero-order valence-corrected chi connectivity index (χ0v) is 20.5. The largest absolute Gasteiger partial charge is 0.394 e. The Kier molecular flexibility index (Phi) is 6.06. The topological polar surface area (TPSA) is 140 Å². The molecule has 5 fully saturated rings. The molecule has 13 atom stereocenters. The number of hydrogen-bond acceptors (Lipinski definition) is 8. The van der Waals surface area contributed by atoms with Crippen LogP contribution in [0.1, 0.15) is 59.3 Å². The molecule has 8 heteroatoms. The first-order chi connectivity index (χ1) is 15.9. The minimum absolute atomic E-state index is 0.0378. The third-order valence-electron chi connectivity index (χ3n) is 10.7. The summed E-state index contributed by atoms with van der Waals surface area (Å²) in [4.78, 5) is 0. The predicted molar refractivity (Wildman–Crippen MR) is 122 cm³/mol. The Balaban J connectivity index is 1.44.